The van der Waals surface area contributed by atoms with Crippen molar-refractivity contribution in [2.75, 3.05) is 50.8 Å². The second-order valence-corrected chi connectivity index (χ2v) is 5.68. The SMILES string of the molecule is O=C(CNCC1CCCO1)N1CCN(c2ncccn2)CC1. The van der Waals surface area contributed by atoms with Crippen LogP contribution >= 0.6 is 0 Å². The number of anilines is 1. The Morgan fingerprint density at radius 3 is 2.73 bits per heavy atom. The smallest absolute Gasteiger partial charge is 0.236 e. The van der Waals surface area contributed by atoms with Gasteiger partial charge in [-0.05, 0) is 18.9 Å². The zero-order valence-corrected chi connectivity index (χ0v) is 12.8. The van der Waals surface area contributed by atoms with Crippen LogP contribution in [0.3, 0.4) is 0 Å². The number of nitrogens with zero attached hydrogens (tertiary/aromatic N) is 4. The second kappa shape index (κ2) is 7.51. The monoisotopic (exact) mass is 305 g/mol. The first-order valence-electron chi connectivity index (χ1n) is 7.95. The molecule has 1 N–H and O–H groups in total. The third-order valence-electron chi connectivity index (χ3n) is 4.14. The fraction of sp³-hybridized carbons (Fsp3) is 0.667. The fourth-order valence-corrected chi connectivity index (χ4v) is 2.87. The van der Waals surface area contributed by atoms with E-state index >= 15 is 0 Å². The van der Waals surface area contributed by atoms with Gasteiger partial charge in [-0.2, -0.15) is 0 Å². The molecule has 120 valence electrons. The van der Waals surface area contributed by atoms with Crippen molar-refractivity contribution in [1.29, 1.82) is 0 Å². The summed E-state index contributed by atoms with van der Waals surface area (Å²) in [7, 11) is 0. The summed E-state index contributed by atoms with van der Waals surface area (Å²) >= 11 is 0. The van der Waals surface area contributed by atoms with Crippen molar-refractivity contribution >= 4 is 11.9 Å². The summed E-state index contributed by atoms with van der Waals surface area (Å²) in [6, 6.07) is 1.81. The number of rotatable bonds is 5. The van der Waals surface area contributed by atoms with Crippen molar-refractivity contribution in [3.05, 3.63) is 18.5 Å². The molecule has 22 heavy (non-hydrogen) atoms. The molecule has 0 aliphatic carbocycles. The van der Waals surface area contributed by atoms with E-state index in [0.29, 0.717) is 6.54 Å². The maximum Gasteiger partial charge on any atom is 0.236 e. The second-order valence-electron chi connectivity index (χ2n) is 5.68. The first-order chi connectivity index (χ1) is 10.8. The third-order valence-corrected chi connectivity index (χ3v) is 4.14. The standard InChI is InChI=1S/C15H23N5O2/c21-14(12-16-11-13-3-1-10-22-13)19-6-8-20(9-7-19)15-17-4-2-5-18-15/h2,4-5,13,16H,1,3,6-12H2. The zero-order valence-electron chi connectivity index (χ0n) is 12.8. The summed E-state index contributed by atoms with van der Waals surface area (Å²) in [5.41, 5.74) is 0. The minimum absolute atomic E-state index is 0.159. The van der Waals surface area contributed by atoms with Gasteiger partial charge >= 0.3 is 0 Å². The number of nitrogens with one attached hydrogen (secondary N) is 1. The molecule has 1 aromatic heterocycles. The number of hydrogen-bond donors (Lipinski definition) is 1. The molecule has 1 unspecified atom stereocenters. The van der Waals surface area contributed by atoms with Crippen molar-refractivity contribution in [2.45, 2.75) is 18.9 Å². The maximum atomic E-state index is 12.2. The van der Waals surface area contributed by atoms with E-state index in [1.54, 1.807) is 12.4 Å². The third kappa shape index (κ3) is 3.92. The van der Waals surface area contributed by atoms with Gasteiger partial charge in [0.1, 0.15) is 0 Å². The van der Waals surface area contributed by atoms with E-state index in [1.165, 1.54) is 0 Å². The van der Waals surface area contributed by atoms with Gasteiger partial charge in [0.05, 0.1) is 12.6 Å². The van der Waals surface area contributed by atoms with E-state index in [1.807, 2.05) is 11.0 Å². The highest BCUT2D eigenvalue weighted by molar-refractivity contribution is 5.78. The van der Waals surface area contributed by atoms with Crippen molar-refractivity contribution < 1.29 is 9.53 Å². The summed E-state index contributed by atoms with van der Waals surface area (Å²) in [4.78, 5) is 24.7. The van der Waals surface area contributed by atoms with Crippen LogP contribution in [0.1, 0.15) is 12.8 Å². The highest BCUT2D eigenvalue weighted by atomic mass is 16.5. The number of aromatic nitrogens is 2. The molecule has 0 bridgehead atoms. The summed E-state index contributed by atoms with van der Waals surface area (Å²) in [6.45, 7) is 5.01. The van der Waals surface area contributed by atoms with Crippen molar-refractivity contribution in [3.8, 4) is 0 Å². The molecule has 2 aliphatic rings. The minimum atomic E-state index is 0.159. The molecule has 1 atom stereocenters. The Bertz CT molecular complexity index is 470. The van der Waals surface area contributed by atoms with Gasteiger partial charge in [-0.3, -0.25) is 4.79 Å². The molecule has 2 saturated heterocycles. The molecule has 7 nitrogen and oxygen atoms in total. The number of carbonyl (C=O) groups excluding carboxylic acids is 1. The minimum Gasteiger partial charge on any atom is -0.377 e. The Kier molecular flexibility index (Phi) is 5.18. The number of ether oxygens (including phenoxy) is 1. The molecule has 0 aromatic carbocycles. The molecular formula is C15H23N5O2. The molecule has 1 amide bonds. The lowest BCUT2D eigenvalue weighted by Gasteiger charge is -2.34. The predicted octanol–water partition coefficient (Wildman–Crippen LogP) is -0.106. The van der Waals surface area contributed by atoms with E-state index in [0.717, 1.165) is 58.1 Å². The van der Waals surface area contributed by atoms with Crippen molar-refractivity contribution in [1.82, 2.24) is 20.2 Å². The molecule has 2 fully saturated rings. The molecule has 7 heteroatoms. The summed E-state index contributed by atoms with van der Waals surface area (Å²) < 4.78 is 5.54. The summed E-state index contributed by atoms with van der Waals surface area (Å²) in [6.07, 6.45) is 5.99. The number of carbonyl (C=O) groups is 1. The van der Waals surface area contributed by atoms with Crippen molar-refractivity contribution in [2.24, 2.45) is 0 Å². The largest absolute Gasteiger partial charge is 0.377 e. The molecule has 3 heterocycles. The van der Waals surface area contributed by atoms with Crippen LogP contribution in [0.15, 0.2) is 18.5 Å². The highest BCUT2D eigenvalue weighted by Gasteiger charge is 2.22. The summed E-state index contributed by atoms with van der Waals surface area (Å²) in [5, 5.41) is 3.21. The van der Waals surface area contributed by atoms with E-state index in [-0.39, 0.29) is 12.0 Å². The molecular weight excluding hydrogens is 282 g/mol. The lowest BCUT2D eigenvalue weighted by molar-refractivity contribution is -0.130. The van der Waals surface area contributed by atoms with Crippen molar-refractivity contribution in [3.63, 3.8) is 0 Å². The van der Waals surface area contributed by atoms with Gasteiger partial charge in [-0.15, -0.1) is 0 Å². The normalized spacial score (nSPS) is 22.1. The zero-order chi connectivity index (χ0) is 15.2. The molecule has 0 saturated carbocycles. The van der Waals surface area contributed by atoms with E-state index in [9.17, 15) is 4.79 Å². The molecule has 3 rings (SSSR count). The van der Waals surface area contributed by atoms with Gasteiger partial charge in [0, 0.05) is 51.7 Å². The average Bonchev–Trinajstić information content (AvgIpc) is 3.09. The Hall–Kier alpha value is -1.73. The molecule has 0 spiro atoms. The van der Waals surface area contributed by atoms with Crippen LogP contribution in [0, 0.1) is 0 Å². The fourth-order valence-electron chi connectivity index (χ4n) is 2.87. The Balaban J connectivity index is 1.38. The summed E-state index contributed by atoms with van der Waals surface area (Å²) in [5.74, 6) is 0.901. The van der Waals surface area contributed by atoms with Crippen LogP contribution in [0.2, 0.25) is 0 Å². The first kappa shape index (κ1) is 15.2. The highest BCUT2D eigenvalue weighted by Crippen LogP contribution is 2.11. The van der Waals surface area contributed by atoms with Crippen LogP contribution in [0.5, 0.6) is 0 Å². The average molecular weight is 305 g/mol. The van der Waals surface area contributed by atoms with Crippen LogP contribution < -0.4 is 10.2 Å². The van der Waals surface area contributed by atoms with E-state index in [4.69, 9.17) is 4.74 Å². The van der Waals surface area contributed by atoms with Gasteiger partial charge in [0.2, 0.25) is 11.9 Å². The van der Waals surface area contributed by atoms with E-state index < -0.39 is 0 Å². The lowest BCUT2D eigenvalue weighted by atomic mass is 10.2. The lowest BCUT2D eigenvalue weighted by Crippen LogP contribution is -2.51. The van der Waals surface area contributed by atoms with Crippen LogP contribution in [-0.2, 0) is 9.53 Å². The van der Waals surface area contributed by atoms with Crippen LogP contribution in [0.25, 0.3) is 0 Å². The van der Waals surface area contributed by atoms with Crippen LogP contribution in [-0.4, -0.2) is 72.8 Å². The number of amides is 1. The topological polar surface area (TPSA) is 70.6 Å². The Morgan fingerprint density at radius 2 is 2.05 bits per heavy atom. The van der Waals surface area contributed by atoms with E-state index in [2.05, 4.69) is 20.2 Å². The molecule has 2 aliphatic heterocycles. The number of piperazine rings is 1. The van der Waals surface area contributed by atoms with Crippen LogP contribution in [0.4, 0.5) is 5.95 Å². The quantitative estimate of drug-likeness (QED) is 0.819. The van der Waals surface area contributed by atoms with Gasteiger partial charge in [-0.1, -0.05) is 0 Å². The first-order valence-corrected chi connectivity index (χ1v) is 7.95. The predicted molar refractivity (Wildman–Crippen MR) is 82.7 cm³/mol. The Labute approximate surface area is 130 Å². The molecule has 1 aromatic rings. The molecule has 0 radical (unpaired) electrons. The van der Waals surface area contributed by atoms with Gasteiger partial charge in [0.25, 0.3) is 0 Å². The Morgan fingerprint density at radius 1 is 1.27 bits per heavy atom. The van der Waals surface area contributed by atoms with Gasteiger partial charge < -0.3 is 19.9 Å². The van der Waals surface area contributed by atoms with Gasteiger partial charge in [0.15, 0.2) is 0 Å². The maximum absolute atomic E-state index is 12.2. The van der Waals surface area contributed by atoms with Gasteiger partial charge in [-0.25, -0.2) is 9.97 Å². The number of hydrogen-bond acceptors (Lipinski definition) is 6.